The molecular formula is C13H22N2O3S. The minimum absolute atomic E-state index is 0.0904. The minimum atomic E-state index is -0.891. The van der Waals surface area contributed by atoms with Gasteiger partial charge in [-0.05, 0) is 33.1 Å². The summed E-state index contributed by atoms with van der Waals surface area (Å²) in [6, 6.07) is -0.347. The summed E-state index contributed by atoms with van der Waals surface area (Å²) in [5.41, 5.74) is 0. The molecule has 0 saturated carbocycles. The molecule has 0 aromatic heterocycles. The maximum atomic E-state index is 12.7. The Bertz CT molecular complexity index is 354. The predicted molar refractivity (Wildman–Crippen MR) is 75.5 cm³/mol. The fourth-order valence-electron chi connectivity index (χ4n) is 2.98. The van der Waals surface area contributed by atoms with Gasteiger partial charge >= 0.3 is 12.0 Å². The lowest BCUT2D eigenvalue weighted by Gasteiger charge is -2.44. The molecule has 108 valence electrons. The van der Waals surface area contributed by atoms with E-state index in [4.69, 9.17) is 0 Å². The summed E-state index contributed by atoms with van der Waals surface area (Å²) in [6.45, 7) is 4.65. The number of piperidine rings is 1. The summed E-state index contributed by atoms with van der Waals surface area (Å²) in [7, 11) is 0. The van der Waals surface area contributed by atoms with Gasteiger partial charge in [-0.25, -0.2) is 9.59 Å². The molecule has 3 atom stereocenters. The molecule has 1 N–H and O–H groups in total. The molecule has 0 spiro atoms. The highest BCUT2D eigenvalue weighted by Crippen LogP contribution is 2.26. The van der Waals surface area contributed by atoms with Crippen molar-refractivity contribution in [3.63, 3.8) is 0 Å². The lowest BCUT2D eigenvalue weighted by Crippen LogP contribution is -2.59. The summed E-state index contributed by atoms with van der Waals surface area (Å²) in [6.07, 6.45) is 3.16. The molecule has 0 aliphatic carbocycles. The van der Waals surface area contributed by atoms with Gasteiger partial charge in [-0.3, -0.25) is 0 Å². The second-order valence-electron chi connectivity index (χ2n) is 5.44. The van der Waals surface area contributed by atoms with E-state index in [1.165, 1.54) is 0 Å². The normalized spacial score (nSPS) is 32.2. The molecule has 2 saturated heterocycles. The third-order valence-electron chi connectivity index (χ3n) is 4.07. The molecule has 2 aliphatic heterocycles. The van der Waals surface area contributed by atoms with Gasteiger partial charge in [0, 0.05) is 30.1 Å². The largest absolute Gasteiger partial charge is 0.480 e. The van der Waals surface area contributed by atoms with Crippen LogP contribution >= 0.6 is 11.8 Å². The molecule has 5 nitrogen and oxygen atoms in total. The van der Waals surface area contributed by atoms with Crippen LogP contribution in [0.3, 0.4) is 0 Å². The van der Waals surface area contributed by atoms with E-state index in [0.717, 1.165) is 25.0 Å². The number of carboxylic acids is 1. The number of urea groups is 1. The third kappa shape index (κ3) is 2.99. The van der Waals surface area contributed by atoms with Crippen LogP contribution in [-0.2, 0) is 4.79 Å². The van der Waals surface area contributed by atoms with Gasteiger partial charge in [-0.2, -0.15) is 11.8 Å². The number of carboxylic acid groups (broad SMARTS) is 1. The first kappa shape index (κ1) is 14.5. The van der Waals surface area contributed by atoms with Crippen LogP contribution < -0.4 is 0 Å². The first-order chi connectivity index (χ1) is 9.02. The van der Waals surface area contributed by atoms with Crippen LogP contribution in [0.25, 0.3) is 0 Å². The van der Waals surface area contributed by atoms with Gasteiger partial charge in [0.25, 0.3) is 0 Å². The van der Waals surface area contributed by atoms with Crippen LogP contribution in [-0.4, -0.2) is 63.1 Å². The maximum absolute atomic E-state index is 12.7. The Morgan fingerprint density at radius 2 is 1.84 bits per heavy atom. The molecule has 0 radical (unpaired) electrons. The molecule has 2 fully saturated rings. The number of thioether (sulfide) groups is 1. The van der Waals surface area contributed by atoms with Crippen LogP contribution in [0, 0.1) is 0 Å². The van der Waals surface area contributed by atoms with E-state index >= 15 is 0 Å². The van der Waals surface area contributed by atoms with Crippen molar-refractivity contribution >= 4 is 23.8 Å². The van der Waals surface area contributed by atoms with E-state index in [9.17, 15) is 14.7 Å². The van der Waals surface area contributed by atoms with E-state index in [2.05, 4.69) is 13.8 Å². The molecule has 6 heteroatoms. The van der Waals surface area contributed by atoms with E-state index < -0.39 is 12.0 Å². The van der Waals surface area contributed by atoms with Crippen LogP contribution in [0.4, 0.5) is 4.79 Å². The van der Waals surface area contributed by atoms with Gasteiger partial charge in [0.2, 0.25) is 0 Å². The molecule has 19 heavy (non-hydrogen) atoms. The molecule has 0 aromatic carbocycles. The van der Waals surface area contributed by atoms with Gasteiger partial charge in [-0.1, -0.05) is 0 Å². The maximum Gasteiger partial charge on any atom is 0.327 e. The molecule has 2 aliphatic rings. The van der Waals surface area contributed by atoms with E-state index in [1.54, 1.807) is 16.7 Å². The van der Waals surface area contributed by atoms with Crippen molar-refractivity contribution < 1.29 is 14.7 Å². The van der Waals surface area contributed by atoms with Crippen molar-refractivity contribution in [2.24, 2.45) is 0 Å². The fourth-order valence-corrected chi connectivity index (χ4v) is 4.02. The second kappa shape index (κ2) is 6.03. The quantitative estimate of drug-likeness (QED) is 0.799. The number of carbonyl (C=O) groups is 2. The third-order valence-corrected chi connectivity index (χ3v) is 5.10. The van der Waals surface area contributed by atoms with Crippen molar-refractivity contribution in [1.29, 1.82) is 0 Å². The molecule has 2 rings (SSSR count). The number of rotatable bonds is 1. The number of aliphatic carboxylic acids is 1. The van der Waals surface area contributed by atoms with Crippen molar-refractivity contribution in [2.45, 2.75) is 51.2 Å². The molecule has 2 amide bonds. The van der Waals surface area contributed by atoms with E-state index in [-0.39, 0.29) is 18.1 Å². The second-order valence-corrected chi connectivity index (χ2v) is 6.59. The average molecular weight is 286 g/mol. The fraction of sp³-hybridized carbons (Fsp3) is 0.846. The molecule has 2 heterocycles. The average Bonchev–Trinajstić information content (AvgIpc) is 2.38. The molecule has 0 aromatic rings. The Hall–Kier alpha value is -0.910. The van der Waals surface area contributed by atoms with Gasteiger partial charge in [-0.15, -0.1) is 0 Å². The Kier molecular flexibility index (Phi) is 4.60. The number of hydrogen-bond acceptors (Lipinski definition) is 3. The standard InChI is InChI=1S/C13H22N2O3S/c1-9-4-3-5-10(2)15(9)13(18)14-6-7-19-8-11(14)12(16)17/h9-11H,3-8H2,1-2H3,(H,16,17). The van der Waals surface area contributed by atoms with Crippen LogP contribution in [0.5, 0.6) is 0 Å². The zero-order valence-corrected chi connectivity index (χ0v) is 12.4. The minimum Gasteiger partial charge on any atom is -0.480 e. The molecule has 3 unspecified atom stereocenters. The van der Waals surface area contributed by atoms with Crippen molar-refractivity contribution in [3.05, 3.63) is 0 Å². The lowest BCUT2D eigenvalue weighted by molar-refractivity contribution is -0.141. The topological polar surface area (TPSA) is 60.9 Å². The van der Waals surface area contributed by atoms with Gasteiger partial charge in [0.1, 0.15) is 6.04 Å². The van der Waals surface area contributed by atoms with E-state index in [0.29, 0.717) is 12.3 Å². The summed E-state index contributed by atoms with van der Waals surface area (Å²) in [5.74, 6) is 0.432. The highest BCUT2D eigenvalue weighted by atomic mass is 32.2. The van der Waals surface area contributed by atoms with Gasteiger partial charge < -0.3 is 14.9 Å². The Morgan fingerprint density at radius 3 is 2.42 bits per heavy atom. The molecular weight excluding hydrogens is 264 g/mol. The number of carbonyl (C=O) groups excluding carboxylic acids is 1. The summed E-state index contributed by atoms with van der Waals surface area (Å²) in [4.78, 5) is 27.4. The monoisotopic (exact) mass is 286 g/mol. The van der Waals surface area contributed by atoms with Crippen molar-refractivity contribution in [2.75, 3.05) is 18.1 Å². The summed E-state index contributed by atoms with van der Waals surface area (Å²) in [5, 5.41) is 9.26. The SMILES string of the molecule is CC1CCCC(C)N1C(=O)N1CCSCC1C(=O)O. The van der Waals surface area contributed by atoms with Gasteiger partial charge in [0.15, 0.2) is 0 Å². The van der Waals surface area contributed by atoms with E-state index in [1.807, 2.05) is 4.90 Å². The first-order valence-electron chi connectivity index (χ1n) is 6.92. The van der Waals surface area contributed by atoms with Crippen molar-refractivity contribution in [1.82, 2.24) is 9.80 Å². The van der Waals surface area contributed by atoms with Crippen LogP contribution in [0.15, 0.2) is 0 Å². The smallest absolute Gasteiger partial charge is 0.327 e. The summed E-state index contributed by atoms with van der Waals surface area (Å²) < 4.78 is 0. The molecule has 0 bridgehead atoms. The zero-order chi connectivity index (χ0) is 14.0. The Morgan fingerprint density at radius 1 is 1.21 bits per heavy atom. The predicted octanol–water partition coefficient (Wildman–Crippen LogP) is 1.87. The summed E-state index contributed by atoms with van der Waals surface area (Å²) >= 11 is 1.61. The number of nitrogens with zero attached hydrogens (tertiary/aromatic N) is 2. The number of likely N-dealkylation sites (tertiary alicyclic amines) is 1. The van der Waals surface area contributed by atoms with Crippen LogP contribution in [0.2, 0.25) is 0 Å². The first-order valence-corrected chi connectivity index (χ1v) is 8.07. The Labute approximate surface area is 118 Å². The number of amides is 2. The van der Waals surface area contributed by atoms with Gasteiger partial charge in [0.05, 0.1) is 0 Å². The van der Waals surface area contributed by atoms with Crippen molar-refractivity contribution in [3.8, 4) is 0 Å². The Balaban J connectivity index is 2.14. The highest BCUT2D eigenvalue weighted by molar-refractivity contribution is 7.99. The van der Waals surface area contributed by atoms with Crippen LogP contribution in [0.1, 0.15) is 33.1 Å². The highest BCUT2D eigenvalue weighted by Gasteiger charge is 2.38. The number of hydrogen-bond donors (Lipinski definition) is 1. The zero-order valence-electron chi connectivity index (χ0n) is 11.5. The lowest BCUT2D eigenvalue weighted by atomic mass is 9.98.